The van der Waals surface area contributed by atoms with Gasteiger partial charge in [0.25, 0.3) is 0 Å². The van der Waals surface area contributed by atoms with Crippen LogP contribution in [0.1, 0.15) is 0 Å². The van der Waals surface area contributed by atoms with Gasteiger partial charge in [0.2, 0.25) is 0 Å². The minimum atomic E-state index is -0.416. The van der Waals surface area contributed by atoms with Gasteiger partial charge >= 0.3 is 5.97 Å². The lowest BCUT2D eigenvalue weighted by molar-refractivity contribution is -0.139. The summed E-state index contributed by atoms with van der Waals surface area (Å²) in [5.74, 6) is -0.416. The quantitative estimate of drug-likeness (QED) is 0.331. The van der Waals surface area contributed by atoms with Crippen LogP contribution in [0, 0.1) is 0 Å². The van der Waals surface area contributed by atoms with Crippen LogP contribution in [0.4, 0.5) is 0 Å². The van der Waals surface area contributed by atoms with Gasteiger partial charge in [-0.1, -0.05) is 6.58 Å². The number of carbonyl (C=O) groups is 1. The molecule has 4 heteroatoms. The smallest absolute Gasteiger partial charge is 0.355 e. The Labute approximate surface area is 67.0 Å². The Kier molecular flexibility index (Phi) is 3.60. The summed E-state index contributed by atoms with van der Waals surface area (Å²) < 4.78 is 4.48. The molecule has 0 spiro atoms. The molecule has 4 nitrogen and oxygen atoms in total. The molecule has 11 heavy (non-hydrogen) atoms. The molecule has 0 aliphatic rings. The molecule has 64 valence electrons. The zero-order valence-corrected chi connectivity index (χ0v) is 7.42. The van der Waals surface area contributed by atoms with E-state index in [9.17, 15) is 4.79 Å². The highest BCUT2D eigenvalue weighted by atomic mass is 16.5. The van der Waals surface area contributed by atoms with Crippen molar-refractivity contribution in [3.63, 3.8) is 0 Å². The van der Waals surface area contributed by atoms with Crippen molar-refractivity contribution in [2.75, 3.05) is 28.3 Å². The highest BCUT2D eigenvalue weighted by Crippen LogP contribution is 2.00. The monoisotopic (exact) mass is 158 g/mol. The Bertz CT molecular complexity index is 166. The minimum absolute atomic E-state index is 0.317. The molecular formula is C7H14N2O2. The number of nitrogens with zero attached hydrogens (tertiary/aromatic N) is 2. The Hall–Kier alpha value is -1.03. The molecule has 0 aromatic carbocycles. The Morgan fingerprint density at radius 3 is 2.09 bits per heavy atom. The van der Waals surface area contributed by atoms with E-state index in [1.165, 1.54) is 7.11 Å². The third-order valence-electron chi connectivity index (χ3n) is 1.41. The summed E-state index contributed by atoms with van der Waals surface area (Å²) in [6.45, 7) is 3.56. The number of ether oxygens (including phenoxy) is 1. The summed E-state index contributed by atoms with van der Waals surface area (Å²) >= 11 is 0. The van der Waals surface area contributed by atoms with E-state index in [0.29, 0.717) is 5.70 Å². The molecule has 0 saturated carbocycles. The number of hydrogen-bond acceptors (Lipinski definition) is 4. The number of hydrazine groups is 1. The first kappa shape index (κ1) is 9.97. The number of carbonyl (C=O) groups excluding carboxylic acids is 1. The van der Waals surface area contributed by atoms with Crippen molar-refractivity contribution in [1.82, 2.24) is 10.0 Å². The topological polar surface area (TPSA) is 32.8 Å². The highest BCUT2D eigenvalue weighted by molar-refractivity contribution is 5.86. The van der Waals surface area contributed by atoms with Crippen molar-refractivity contribution in [1.29, 1.82) is 0 Å². The van der Waals surface area contributed by atoms with Gasteiger partial charge in [-0.15, -0.1) is 0 Å². The summed E-state index contributed by atoms with van der Waals surface area (Å²) in [6.07, 6.45) is 0. The van der Waals surface area contributed by atoms with Crippen LogP contribution in [0.25, 0.3) is 0 Å². The van der Waals surface area contributed by atoms with Crippen molar-refractivity contribution in [3.8, 4) is 0 Å². The second kappa shape index (κ2) is 3.98. The minimum Gasteiger partial charge on any atom is -0.464 e. The molecule has 0 radical (unpaired) electrons. The van der Waals surface area contributed by atoms with Gasteiger partial charge in [0.15, 0.2) is 0 Å². The van der Waals surface area contributed by atoms with Crippen LogP contribution in [-0.4, -0.2) is 44.2 Å². The molecule has 0 heterocycles. The number of methoxy groups -OCH3 is 1. The van der Waals surface area contributed by atoms with Gasteiger partial charge in [0.05, 0.1) is 7.11 Å². The van der Waals surface area contributed by atoms with E-state index < -0.39 is 5.97 Å². The maximum absolute atomic E-state index is 10.9. The molecule has 0 aliphatic heterocycles. The van der Waals surface area contributed by atoms with E-state index in [1.54, 1.807) is 17.1 Å². The van der Waals surface area contributed by atoms with Crippen LogP contribution in [0.15, 0.2) is 12.3 Å². The average molecular weight is 158 g/mol. The third-order valence-corrected chi connectivity index (χ3v) is 1.41. The fraction of sp³-hybridized carbons (Fsp3) is 0.571. The molecule has 0 unspecified atom stereocenters. The van der Waals surface area contributed by atoms with Crippen LogP contribution in [-0.2, 0) is 9.53 Å². The molecule has 0 aromatic heterocycles. The molecule has 0 rings (SSSR count). The zero-order chi connectivity index (χ0) is 9.02. The maximum Gasteiger partial charge on any atom is 0.355 e. The number of hydrogen-bond donors (Lipinski definition) is 0. The lowest BCUT2D eigenvalue weighted by atomic mass is 10.5. The standard InChI is InChI=1S/C7H14N2O2/c1-6(7(10)11-5)9(4)8(2)3/h1H2,2-5H3. The second-order valence-corrected chi connectivity index (χ2v) is 2.31. The Balaban J connectivity index is 4.14. The molecule has 0 N–H and O–H groups in total. The van der Waals surface area contributed by atoms with E-state index in [4.69, 9.17) is 0 Å². The molecule has 0 bridgehead atoms. The summed E-state index contributed by atoms with van der Waals surface area (Å²) in [5.41, 5.74) is 0.317. The lowest BCUT2D eigenvalue weighted by Gasteiger charge is -2.26. The first-order valence-corrected chi connectivity index (χ1v) is 3.19. The molecule has 0 fully saturated rings. The predicted molar refractivity (Wildman–Crippen MR) is 42.6 cm³/mol. The summed E-state index contributed by atoms with van der Waals surface area (Å²) in [4.78, 5) is 10.9. The van der Waals surface area contributed by atoms with Crippen molar-refractivity contribution in [2.45, 2.75) is 0 Å². The summed E-state index contributed by atoms with van der Waals surface area (Å²) in [6, 6.07) is 0. The van der Waals surface area contributed by atoms with Gasteiger partial charge in [-0.05, 0) is 0 Å². The molecular weight excluding hydrogens is 144 g/mol. The van der Waals surface area contributed by atoms with E-state index >= 15 is 0 Å². The van der Waals surface area contributed by atoms with Crippen molar-refractivity contribution >= 4 is 5.97 Å². The van der Waals surface area contributed by atoms with Gasteiger partial charge in [-0.2, -0.15) is 0 Å². The Morgan fingerprint density at radius 1 is 1.36 bits per heavy atom. The van der Waals surface area contributed by atoms with Crippen LogP contribution >= 0.6 is 0 Å². The SMILES string of the molecule is C=C(C(=O)OC)N(C)N(C)C. The van der Waals surface area contributed by atoms with Crippen LogP contribution in [0.5, 0.6) is 0 Å². The van der Waals surface area contributed by atoms with Gasteiger partial charge in [0, 0.05) is 21.1 Å². The lowest BCUT2D eigenvalue weighted by Crippen LogP contribution is -2.35. The second-order valence-electron chi connectivity index (χ2n) is 2.31. The number of likely N-dealkylation sites (N-methyl/N-ethyl adjacent to an activating group) is 1. The van der Waals surface area contributed by atoms with E-state index in [0.717, 1.165) is 0 Å². The fourth-order valence-electron chi connectivity index (χ4n) is 0.491. The normalized spacial score (nSPS) is 9.55. The number of esters is 1. The van der Waals surface area contributed by atoms with Gasteiger partial charge < -0.3 is 9.75 Å². The van der Waals surface area contributed by atoms with Crippen LogP contribution in [0.3, 0.4) is 0 Å². The van der Waals surface area contributed by atoms with E-state index in [2.05, 4.69) is 11.3 Å². The van der Waals surface area contributed by atoms with E-state index in [-0.39, 0.29) is 0 Å². The number of rotatable bonds is 3. The van der Waals surface area contributed by atoms with Crippen LogP contribution in [0.2, 0.25) is 0 Å². The van der Waals surface area contributed by atoms with Gasteiger partial charge in [-0.3, -0.25) is 0 Å². The Morgan fingerprint density at radius 2 is 1.82 bits per heavy atom. The van der Waals surface area contributed by atoms with Crippen molar-refractivity contribution in [3.05, 3.63) is 12.3 Å². The van der Waals surface area contributed by atoms with Crippen molar-refractivity contribution < 1.29 is 9.53 Å². The van der Waals surface area contributed by atoms with Crippen molar-refractivity contribution in [2.24, 2.45) is 0 Å². The summed E-state index contributed by atoms with van der Waals surface area (Å²) in [7, 11) is 6.69. The van der Waals surface area contributed by atoms with Gasteiger partial charge in [-0.25, -0.2) is 9.80 Å². The highest BCUT2D eigenvalue weighted by Gasteiger charge is 2.12. The molecule has 0 aromatic rings. The first-order chi connectivity index (χ1) is 5.00. The third kappa shape index (κ3) is 2.59. The summed E-state index contributed by atoms with van der Waals surface area (Å²) in [5, 5.41) is 3.34. The molecule has 0 saturated heterocycles. The first-order valence-electron chi connectivity index (χ1n) is 3.19. The maximum atomic E-state index is 10.9. The van der Waals surface area contributed by atoms with Gasteiger partial charge in [0.1, 0.15) is 5.70 Å². The molecule has 0 aliphatic carbocycles. The zero-order valence-electron chi connectivity index (χ0n) is 7.42. The van der Waals surface area contributed by atoms with E-state index in [1.807, 2.05) is 14.1 Å². The largest absolute Gasteiger partial charge is 0.464 e. The predicted octanol–water partition coefficient (Wildman–Crippen LogP) is 0.0815. The van der Waals surface area contributed by atoms with Crippen LogP contribution < -0.4 is 0 Å². The average Bonchev–Trinajstić information content (AvgIpc) is 2.00. The fourth-order valence-corrected chi connectivity index (χ4v) is 0.491. The molecule has 0 atom stereocenters. The molecule has 0 amide bonds.